The molecule has 0 aromatic heterocycles. The van der Waals surface area contributed by atoms with E-state index in [-0.39, 0.29) is 36.4 Å². The van der Waals surface area contributed by atoms with E-state index in [1.54, 1.807) is 19.1 Å². The van der Waals surface area contributed by atoms with Gasteiger partial charge in [0.25, 0.3) is 5.91 Å². The molecule has 0 bridgehead atoms. The van der Waals surface area contributed by atoms with Gasteiger partial charge in [0.05, 0.1) is 0 Å². The number of aryl methyl sites for hydroxylation is 1. The van der Waals surface area contributed by atoms with Crippen LogP contribution < -0.4 is 16.0 Å². The summed E-state index contributed by atoms with van der Waals surface area (Å²) in [4.78, 5) is 35.7. The van der Waals surface area contributed by atoms with Crippen molar-refractivity contribution in [2.45, 2.75) is 45.6 Å². The van der Waals surface area contributed by atoms with Crippen molar-refractivity contribution in [1.82, 2.24) is 16.0 Å². The van der Waals surface area contributed by atoms with E-state index in [4.69, 9.17) is 0 Å². The number of carbonyl (C=O) groups is 3. The third kappa shape index (κ3) is 5.54. The van der Waals surface area contributed by atoms with E-state index >= 15 is 0 Å². The van der Waals surface area contributed by atoms with Gasteiger partial charge in [0.15, 0.2) is 0 Å². The lowest BCUT2D eigenvalue weighted by Gasteiger charge is -2.23. The Morgan fingerprint density at radius 1 is 1.15 bits per heavy atom. The first-order valence-corrected chi connectivity index (χ1v) is 8.97. The number of halogens is 1. The van der Waals surface area contributed by atoms with Gasteiger partial charge in [0.1, 0.15) is 11.9 Å². The maximum absolute atomic E-state index is 13.5. The van der Waals surface area contributed by atoms with E-state index < -0.39 is 17.8 Å². The maximum Gasteiger partial charge on any atom is 0.251 e. The lowest BCUT2D eigenvalue weighted by molar-refractivity contribution is -0.129. The van der Waals surface area contributed by atoms with E-state index in [9.17, 15) is 18.8 Å². The van der Waals surface area contributed by atoms with E-state index in [0.29, 0.717) is 5.56 Å². The number of hydrogen-bond donors (Lipinski definition) is 3. The fourth-order valence-corrected chi connectivity index (χ4v) is 3.22. The smallest absolute Gasteiger partial charge is 0.251 e. The van der Waals surface area contributed by atoms with Gasteiger partial charge >= 0.3 is 0 Å². The molecule has 0 aliphatic heterocycles. The van der Waals surface area contributed by atoms with Crippen LogP contribution in [0.2, 0.25) is 0 Å². The van der Waals surface area contributed by atoms with E-state index in [0.717, 1.165) is 25.7 Å². The Hall–Kier alpha value is -2.44. The largest absolute Gasteiger partial charge is 0.353 e. The molecule has 0 spiro atoms. The van der Waals surface area contributed by atoms with Crippen molar-refractivity contribution < 1.29 is 18.8 Å². The average molecular weight is 363 g/mol. The Labute approximate surface area is 152 Å². The molecular weight excluding hydrogens is 337 g/mol. The van der Waals surface area contributed by atoms with Crippen LogP contribution in [0.25, 0.3) is 0 Å². The molecule has 0 saturated heterocycles. The highest BCUT2D eigenvalue weighted by Crippen LogP contribution is 2.27. The first-order chi connectivity index (χ1) is 12.4. The molecule has 3 amide bonds. The van der Waals surface area contributed by atoms with Crippen molar-refractivity contribution in [2.75, 3.05) is 13.1 Å². The average Bonchev–Trinajstić information content (AvgIpc) is 3.12. The number of nitrogens with one attached hydrogen (secondary N) is 3. The lowest BCUT2D eigenvalue weighted by atomic mass is 9.97. The van der Waals surface area contributed by atoms with Crippen molar-refractivity contribution in [2.24, 2.45) is 5.92 Å². The van der Waals surface area contributed by atoms with Gasteiger partial charge in [-0.05, 0) is 43.4 Å². The van der Waals surface area contributed by atoms with E-state index in [1.165, 1.54) is 13.0 Å². The predicted octanol–water partition coefficient (Wildman–Crippen LogP) is 1.68. The summed E-state index contributed by atoms with van der Waals surface area (Å²) in [5, 5.41) is 8.12. The standard InChI is InChI=1S/C19H26FN3O3/c1-12-7-8-15(11-16(12)20)18(25)21-9-10-22-19(26)17(23-13(2)24)14-5-3-4-6-14/h7-8,11,14,17H,3-6,9-10H2,1-2H3,(H,21,25)(H,22,26)(H,23,24). The van der Waals surface area contributed by atoms with Crippen LogP contribution in [0.5, 0.6) is 0 Å². The van der Waals surface area contributed by atoms with Gasteiger partial charge in [-0.3, -0.25) is 14.4 Å². The second-order valence-corrected chi connectivity index (χ2v) is 6.73. The van der Waals surface area contributed by atoms with Crippen LogP contribution in [0.15, 0.2) is 18.2 Å². The Balaban J connectivity index is 1.79. The third-order valence-corrected chi connectivity index (χ3v) is 4.66. The summed E-state index contributed by atoms with van der Waals surface area (Å²) in [6, 6.07) is 3.76. The molecule has 1 saturated carbocycles. The van der Waals surface area contributed by atoms with Crippen LogP contribution in [0.3, 0.4) is 0 Å². The molecule has 0 heterocycles. The molecule has 1 aromatic rings. The number of hydrogen-bond acceptors (Lipinski definition) is 3. The van der Waals surface area contributed by atoms with Crippen LogP contribution in [0.1, 0.15) is 48.5 Å². The summed E-state index contributed by atoms with van der Waals surface area (Å²) in [6.45, 7) is 3.48. The molecular formula is C19H26FN3O3. The second kappa shape index (κ2) is 9.31. The van der Waals surface area contributed by atoms with Crippen LogP contribution in [-0.2, 0) is 9.59 Å². The molecule has 1 unspecified atom stereocenters. The van der Waals surface area contributed by atoms with Gasteiger partial charge in [-0.1, -0.05) is 18.9 Å². The van der Waals surface area contributed by atoms with Gasteiger partial charge in [0, 0.05) is 25.6 Å². The summed E-state index contributed by atoms with van der Waals surface area (Å²) in [5.74, 6) is -1.13. The highest BCUT2D eigenvalue weighted by Gasteiger charge is 2.30. The molecule has 6 nitrogen and oxygen atoms in total. The highest BCUT2D eigenvalue weighted by molar-refractivity contribution is 5.94. The Kier molecular flexibility index (Phi) is 7.12. The minimum atomic E-state index is -0.531. The molecule has 1 aromatic carbocycles. The zero-order chi connectivity index (χ0) is 19.1. The van der Waals surface area contributed by atoms with Gasteiger partial charge < -0.3 is 16.0 Å². The number of amides is 3. The van der Waals surface area contributed by atoms with Gasteiger partial charge in [-0.15, -0.1) is 0 Å². The number of rotatable bonds is 7. The summed E-state index contributed by atoms with van der Waals surface area (Å²) >= 11 is 0. The van der Waals surface area contributed by atoms with Crippen molar-refractivity contribution >= 4 is 17.7 Å². The SMILES string of the molecule is CC(=O)NC(C(=O)NCCNC(=O)c1ccc(C)c(F)c1)C1CCCC1. The third-order valence-electron chi connectivity index (χ3n) is 4.66. The van der Waals surface area contributed by atoms with Crippen molar-refractivity contribution in [3.8, 4) is 0 Å². The van der Waals surface area contributed by atoms with Gasteiger partial charge in [-0.25, -0.2) is 4.39 Å². The Bertz CT molecular complexity index is 672. The fourth-order valence-electron chi connectivity index (χ4n) is 3.22. The normalized spacial score (nSPS) is 15.3. The molecule has 7 heteroatoms. The molecule has 3 N–H and O–H groups in total. The topological polar surface area (TPSA) is 87.3 Å². The van der Waals surface area contributed by atoms with Gasteiger partial charge in [0.2, 0.25) is 11.8 Å². The molecule has 1 fully saturated rings. The molecule has 2 rings (SSSR count). The first-order valence-electron chi connectivity index (χ1n) is 8.97. The lowest BCUT2D eigenvalue weighted by Crippen LogP contribution is -2.51. The number of carbonyl (C=O) groups excluding carboxylic acids is 3. The molecule has 142 valence electrons. The fraction of sp³-hybridized carbons (Fsp3) is 0.526. The van der Waals surface area contributed by atoms with E-state index in [2.05, 4.69) is 16.0 Å². The highest BCUT2D eigenvalue weighted by atomic mass is 19.1. The Morgan fingerprint density at radius 2 is 1.81 bits per heavy atom. The quantitative estimate of drug-likeness (QED) is 0.644. The minimum absolute atomic E-state index is 0.157. The first kappa shape index (κ1) is 19.9. The van der Waals surface area contributed by atoms with Crippen molar-refractivity contribution in [3.05, 3.63) is 35.1 Å². The summed E-state index contributed by atoms with van der Waals surface area (Å²) in [5.41, 5.74) is 0.714. The molecule has 26 heavy (non-hydrogen) atoms. The van der Waals surface area contributed by atoms with Crippen LogP contribution in [0.4, 0.5) is 4.39 Å². The minimum Gasteiger partial charge on any atom is -0.353 e. The van der Waals surface area contributed by atoms with Crippen molar-refractivity contribution in [1.29, 1.82) is 0 Å². The monoisotopic (exact) mass is 363 g/mol. The molecule has 1 aliphatic rings. The summed E-state index contributed by atoms with van der Waals surface area (Å²) in [6.07, 6.45) is 3.98. The summed E-state index contributed by atoms with van der Waals surface area (Å²) in [7, 11) is 0. The molecule has 0 radical (unpaired) electrons. The van der Waals surface area contributed by atoms with Gasteiger partial charge in [-0.2, -0.15) is 0 Å². The summed E-state index contributed by atoms with van der Waals surface area (Å²) < 4.78 is 13.5. The zero-order valence-electron chi connectivity index (χ0n) is 15.2. The maximum atomic E-state index is 13.5. The van der Waals surface area contributed by atoms with Crippen molar-refractivity contribution in [3.63, 3.8) is 0 Å². The van der Waals surface area contributed by atoms with Crippen LogP contribution >= 0.6 is 0 Å². The molecule has 1 atom stereocenters. The Morgan fingerprint density at radius 3 is 2.42 bits per heavy atom. The second-order valence-electron chi connectivity index (χ2n) is 6.73. The predicted molar refractivity (Wildman–Crippen MR) is 96.0 cm³/mol. The van der Waals surface area contributed by atoms with Crippen LogP contribution in [0, 0.1) is 18.7 Å². The molecule has 1 aliphatic carbocycles. The number of benzene rings is 1. The zero-order valence-corrected chi connectivity index (χ0v) is 15.2. The van der Waals surface area contributed by atoms with Crippen LogP contribution in [-0.4, -0.2) is 36.9 Å². The van der Waals surface area contributed by atoms with E-state index in [1.807, 2.05) is 0 Å².